The lowest BCUT2D eigenvalue weighted by Crippen LogP contribution is -2.21. The standard InChI is InChI=1S/C35H22N2O/c38-35-36(26-10-2-1-3-11-26)32-14-4-5-15-33(32)37(35)27-19-16-23(17-20-27)25-18-21-28-29-12-6-8-24-9-7-13-30(34(24)29)31(28)22-25/h1-22H. The molecule has 0 saturated carbocycles. The molecule has 3 heteroatoms. The molecule has 0 saturated heterocycles. The highest BCUT2D eigenvalue weighted by Gasteiger charge is 2.21. The Hall–Kier alpha value is -5.15. The SMILES string of the molecule is O=c1n(-c2ccccc2)c2ccccc2n1-c1ccc(-c2ccc3c(c2)-c2cccc4cccc-3c24)cc1. The Balaban J connectivity index is 1.24. The Morgan fingerprint density at radius 3 is 1.68 bits per heavy atom. The first-order valence-corrected chi connectivity index (χ1v) is 12.8. The first kappa shape index (κ1) is 21.0. The van der Waals surface area contributed by atoms with Crippen molar-refractivity contribution in [2.45, 2.75) is 0 Å². The van der Waals surface area contributed by atoms with E-state index in [1.165, 1.54) is 38.6 Å². The second-order valence-electron chi connectivity index (χ2n) is 9.79. The van der Waals surface area contributed by atoms with Crippen LogP contribution in [0, 0.1) is 0 Å². The van der Waals surface area contributed by atoms with Crippen LogP contribution in [-0.2, 0) is 0 Å². The molecule has 1 heterocycles. The summed E-state index contributed by atoms with van der Waals surface area (Å²) in [7, 11) is 0. The van der Waals surface area contributed by atoms with E-state index >= 15 is 0 Å². The second kappa shape index (κ2) is 7.92. The predicted molar refractivity (Wildman–Crippen MR) is 156 cm³/mol. The van der Waals surface area contributed by atoms with Gasteiger partial charge in [-0.1, -0.05) is 91.0 Å². The number of para-hydroxylation sites is 3. The van der Waals surface area contributed by atoms with Crippen LogP contribution in [0.2, 0.25) is 0 Å². The molecule has 38 heavy (non-hydrogen) atoms. The average molecular weight is 487 g/mol. The third-order valence-electron chi connectivity index (χ3n) is 7.72. The van der Waals surface area contributed by atoms with Crippen molar-refractivity contribution in [3.8, 4) is 44.8 Å². The van der Waals surface area contributed by atoms with E-state index in [1.807, 2.05) is 66.7 Å². The quantitative estimate of drug-likeness (QED) is 0.247. The fourth-order valence-electron chi connectivity index (χ4n) is 6.00. The molecule has 7 aromatic rings. The Morgan fingerprint density at radius 2 is 1.00 bits per heavy atom. The maximum absolute atomic E-state index is 13.7. The predicted octanol–water partition coefficient (Wildman–Crippen LogP) is 8.25. The van der Waals surface area contributed by atoms with E-state index in [2.05, 4.69) is 66.7 Å². The van der Waals surface area contributed by atoms with Gasteiger partial charge in [-0.25, -0.2) is 4.79 Å². The Morgan fingerprint density at radius 1 is 0.421 bits per heavy atom. The molecule has 0 N–H and O–H groups in total. The van der Waals surface area contributed by atoms with Crippen molar-refractivity contribution in [1.29, 1.82) is 0 Å². The molecule has 1 aliphatic carbocycles. The fraction of sp³-hybridized carbons (Fsp3) is 0. The first-order chi connectivity index (χ1) is 18.8. The van der Waals surface area contributed by atoms with E-state index in [-0.39, 0.29) is 5.69 Å². The number of aromatic nitrogens is 2. The minimum Gasteiger partial charge on any atom is -0.260 e. The van der Waals surface area contributed by atoms with Crippen LogP contribution in [0.3, 0.4) is 0 Å². The molecule has 0 amide bonds. The zero-order valence-corrected chi connectivity index (χ0v) is 20.5. The van der Waals surface area contributed by atoms with Crippen LogP contribution < -0.4 is 5.69 Å². The number of hydrogen-bond acceptors (Lipinski definition) is 1. The van der Waals surface area contributed by atoms with Crippen molar-refractivity contribution >= 4 is 21.8 Å². The highest BCUT2D eigenvalue weighted by atomic mass is 16.1. The van der Waals surface area contributed by atoms with Crippen molar-refractivity contribution in [3.05, 3.63) is 144 Å². The molecule has 1 aliphatic rings. The Kier molecular flexibility index (Phi) is 4.38. The molecule has 0 unspecified atom stereocenters. The topological polar surface area (TPSA) is 26.9 Å². The summed E-state index contributed by atoms with van der Waals surface area (Å²) in [5, 5.41) is 2.62. The van der Waals surface area contributed by atoms with E-state index in [0.717, 1.165) is 28.0 Å². The van der Waals surface area contributed by atoms with Crippen LogP contribution >= 0.6 is 0 Å². The number of hydrogen-bond donors (Lipinski definition) is 0. The van der Waals surface area contributed by atoms with Crippen molar-refractivity contribution in [2.75, 3.05) is 0 Å². The zero-order chi connectivity index (χ0) is 25.2. The van der Waals surface area contributed by atoms with Gasteiger partial charge in [0.05, 0.1) is 22.4 Å². The maximum atomic E-state index is 13.7. The van der Waals surface area contributed by atoms with Crippen LogP contribution in [0.1, 0.15) is 0 Å². The van der Waals surface area contributed by atoms with Gasteiger partial charge in [0.1, 0.15) is 0 Å². The van der Waals surface area contributed by atoms with Crippen LogP contribution in [0.4, 0.5) is 0 Å². The number of fused-ring (bicyclic) bond motifs is 4. The van der Waals surface area contributed by atoms with E-state index in [0.29, 0.717) is 0 Å². The zero-order valence-electron chi connectivity index (χ0n) is 20.5. The first-order valence-electron chi connectivity index (χ1n) is 12.8. The molecule has 0 aliphatic heterocycles. The van der Waals surface area contributed by atoms with Crippen molar-refractivity contribution < 1.29 is 0 Å². The monoisotopic (exact) mass is 486 g/mol. The van der Waals surface area contributed by atoms with Gasteiger partial charge in [0, 0.05) is 0 Å². The summed E-state index contributed by atoms with van der Waals surface area (Å²) in [6, 6.07) is 45.9. The number of benzene rings is 6. The van der Waals surface area contributed by atoms with E-state index < -0.39 is 0 Å². The van der Waals surface area contributed by atoms with Crippen LogP contribution in [0.25, 0.3) is 66.6 Å². The van der Waals surface area contributed by atoms with Gasteiger partial charge >= 0.3 is 5.69 Å². The summed E-state index contributed by atoms with van der Waals surface area (Å²) in [6.45, 7) is 0. The van der Waals surface area contributed by atoms with Crippen molar-refractivity contribution in [2.24, 2.45) is 0 Å². The summed E-state index contributed by atoms with van der Waals surface area (Å²) in [5.41, 5.74) is 10.9. The Bertz CT molecular complexity index is 2070. The molecular weight excluding hydrogens is 464 g/mol. The molecule has 3 nitrogen and oxygen atoms in total. The van der Waals surface area contributed by atoms with Gasteiger partial charge in [-0.2, -0.15) is 0 Å². The van der Waals surface area contributed by atoms with Gasteiger partial charge in [0.15, 0.2) is 0 Å². The van der Waals surface area contributed by atoms with Gasteiger partial charge in [-0.15, -0.1) is 0 Å². The van der Waals surface area contributed by atoms with Gasteiger partial charge < -0.3 is 0 Å². The third kappa shape index (κ3) is 2.93. The smallest absolute Gasteiger partial charge is 0.260 e. The second-order valence-corrected chi connectivity index (χ2v) is 9.79. The molecule has 0 bridgehead atoms. The lowest BCUT2D eigenvalue weighted by atomic mass is 9.97. The Labute approximate surface area is 219 Å². The summed E-state index contributed by atoms with van der Waals surface area (Å²) in [6.07, 6.45) is 0. The van der Waals surface area contributed by atoms with Crippen LogP contribution in [-0.4, -0.2) is 9.13 Å². The van der Waals surface area contributed by atoms with Gasteiger partial charge in [-0.3, -0.25) is 9.13 Å². The fourth-order valence-corrected chi connectivity index (χ4v) is 6.00. The molecule has 0 spiro atoms. The molecule has 6 aromatic carbocycles. The normalized spacial score (nSPS) is 11.8. The maximum Gasteiger partial charge on any atom is 0.338 e. The highest BCUT2D eigenvalue weighted by Crippen LogP contribution is 2.48. The van der Waals surface area contributed by atoms with Crippen molar-refractivity contribution in [1.82, 2.24) is 9.13 Å². The van der Waals surface area contributed by atoms with Gasteiger partial charge in [0.2, 0.25) is 0 Å². The third-order valence-corrected chi connectivity index (χ3v) is 7.72. The molecule has 0 radical (unpaired) electrons. The molecule has 178 valence electrons. The minimum absolute atomic E-state index is 0.0754. The summed E-state index contributed by atoms with van der Waals surface area (Å²) in [4.78, 5) is 13.7. The lowest BCUT2D eigenvalue weighted by molar-refractivity contribution is 0.931. The average Bonchev–Trinajstić information content (AvgIpc) is 3.46. The molecule has 1 aromatic heterocycles. The van der Waals surface area contributed by atoms with Gasteiger partial charge in [0.25, 0.3) is 0 Å². The minimum atomic E-state index is -0.0754. The van der Waals surface area contributed by atoms with Gasteiger partial charge in [-0.05, 0) is 86.6 Å². The number of nitrogens with zero attached hydrogens (tertiary/aromatic N) is 2. The number of rotatable bonds is 3. The summed E-state index contributed by atoms with van der Waals surface area (Å²) in [5.74, 6) is 0. The van der Waals surface area contributed by atoms with E-state index in [4.69, 9.17) is 0 Å². The molecule has 0 atom stereocenters. The van der Waals surface area contributed by atoms with E-state index in [9.17, 15) is 4.79 Å². The number of imidazole rings is 1. The van der Waals surface area contributed by atoms with Crippen LogP contribution in [0.5, 0.6) is 0 Å². The van der Waals surface area contributed by atoms with Crippen LogP contribution in [0.15, 0.2) is 138 Å². The summed E-state index contributed by atoms with van der Waals surface area (Å²) < 4.78 is 3.58. The van der Waals surface area contributed by atoms with Crippen molar-refractivity contribution in [3.63, 3.8) is 0 Å². The van der Waals surface area contributed by atoms with E-state index in [1.54, 1.807) is 9.13 Å². The highest BCUT2D eigenvalue weighted by molar-refractivity contribution is 6.15. The molecular formula is C35H22N2O. The molecule has 8 rings (SSSR count). The largest absolute Gasteiger partial charge is 0.338 e. The summed E-state index contributed by atoms with van der Waals surface area (Å²) >= 11 is 0. The lowest BCUT2D eigenvalue weighted by Gasteiger charge is -2.09. The molecule has 0 fully saturated rings.